The molecule has 0 aliphatic carbocycles. The molecule has 3 nitrogen and oxygen atoms in total. The van der Waals surface area contributed by atoms with Gasteiger partial charge < -0.3 is 9.84 Å². The van der Waals surface area contributed by atoms with Crippen molar-refractivity contribution < 1.29 is 14.6 Å². The molecule has 0 saturated heterocycles. The second kappa shape index (κ2) is 6.40. The zero-order valence-corrected chi connectivity index (χ0v) is 9.86. The highest BCUT2D eigenvalue weighted by Crippen LogP contribution is 2.09. The van der Waals surface area contributed by atoms with Gasteiger partial charge >= 0.3 is 5.97 Å². The molecule has 0 rings (SSSR count). The Morgan fingerprint density at radius 3 is 2.47 bits per heavy atom. The Hall–Kier alpha value is -1.09. The number of carbonyl (C=O) groups is 1. The summed E-state index contributed by atoms with van der Waals surface area (Å²) in [7, 11) is 0. The van der Waals surface area contributed by atoms with Crippen LogP contribution in [0.1, 0.15) is 34.1 Å². The van der Waals surface area contributed by atoms with Gasteiger partial charge in [-0.3, -0.25) is 4.79 Å². The summed E-state index contributed by atoms with van der Waals surface area (Å²) in [6, 6.07) is 0. The maximum Gasteiger partial charge on any atom is 0.309 e. The van der Waals surface area contributed by atoms with E-state index < -0.39 is 11.7 Å². The van der Waals surface area contributed by atoms with Crippen molar-refractivity contribution >= 4 is 5.97 Å². The molecule has 0 amide bonds. The highest BCUT2D eigenvalue weighted by molar-refractivity contribution is 5.70. The first-order chi connectivity index (χ1) is 6.85. The highest BCUT2D eigenvalue weighted by Gasteiger charge is 2.17. The first-order valence-electron chi connectivity index (χ1n) is 5.04. The van der Waals surface area contributed by atoms with Gasteiger partial charge in [0.15, 0.2) is 0 Å². The summed E-state index contributed by atoms with van der Waals surface area (Å²) in [6.45, 7) is 7.28. The predicted molar refractivity (Wildman–Crippen MR) is 60.4 cm³/mol. The summed E-state index contributed by atoms with van der Waals surface area (Å²) in [5.41, 5.74) is -0.496. The Balaban J connectivity index is 3.97. The van der Waals surface area contributed by atoms with Gasteiger partial charge in [-0.1, -0.05) is 24.3 Å². The molecule has 15 heavy (non-hydrogen) atoms. The first kappa shape index (κ1) is 13.9. The maximum absolute atomic E-state index is 11.3. The highest BCUT2D eigenvalue weighted by atomic mass is 16.6. The molecular formula is C12H20O3. The molecule has 0 aliphatic heterocycles. The summed E-state index contributed by atoms with van der Waals surface area (Å²) in [5, 5.41) is 9.42. The fraction of sp³-hybridized carbons (Fsp3) is 0.583. The summed E-state index contributed by atoms with van der Waals surface area (Å²) in [4.78, 5) is 11.3. The molecule has 0 heterocycles. The van der Waals surface area contributed by atoms with E-state index in [2.05, 4.69) is 0 Å². The topological polar surface area (TPSA) is 46.5 Å². The number of aliphatic hydroxyl groups excluding tert-OH is 1. The van der Waals surface area contributed by atoms with Crippen LogP contribution in [0.5, 0.6) is 0 Å². The van der Waals surface area contributed by atoms with Crippen molar-refractivity contribution in [3.8, 4) is 0 Å². The van der Waals surface area contributed by atoms with Crippen molar-refractivity contribution in [1.82, 2.24) is 0 Å². The van der Waals surface area contributed by atoms with E-state index in [1.807, 2.05) is 13.0 Å². The minimum atomic E-state index is -0.781. The van der Waals surface area contributed by atoms with E-state index >= 15 is 0 Å². The van der Waals surface area contributed by atoms with Crippen LogP contribution in [0, 0.1) is 0 Å². The molecule has 0 fully saturated rings. The van der Waals surface area contributed by atoms with Crippen LogP contribution < -0.4 is 0 Å². The Morgan fingerprint density at radius 1 is 1.40 bits per heavy atom. The van der Waals surface area contributed by atoms with Crippen LogP contribution in [0.15, 0.2) is 24.3 Å². The third-order valence-electron chi connectivity index (χ3n) is 1.43. The van der Waals surface area contributed by atoms with Gasteiger partial charge in [0, 0.05) is 0 Å². The van der Waals surface area contributed by atoms with E-state index in [4.69, 9.17) is 4.74 Å². The molecule has 0 unspecified atom stereocenters. The van der Waals surface area contributed by atoms with E-state index in [-0.39, 0.29) is 12.4 Å². The first-order valence-corrected chi connectivity index (χ1v) is 5.04. The Morgan fingerprint density at radius 2 is 2.00 bits per heavy atom. The van der Waals surface area contributed by atoms with Crippen LogP contribution in [0.4, 0.5) is 0 Å². The van der Waals surface area contributed by atoms with Gasteiger partial charge in [-0.15, -0.1) is 0 Å². The third kappa shape index (κ3) is 9.22. The quantitative estimate of drug-likeness (QED) is 0.574. The molecule has 86 valence electrons. The zero-order chi connectivity index (χ0) is 11.9. The number of hydrogen-bond donors (Lipinski definition) is 1. The van der Waals surface area contributed by atoms with Crippen molar-refractivity contribution in [2.24, 2.45) is 0 Å². The summed E-state index contributed by atoms with van der Waals surface area (Å²) < 4.78 is 5.06. The number of rotatable bonds is 4. The van der Waals surface area contributed by atoms with Crippen LogP contribution >= 0.6 is 0 Å². The van der Waals surface area contributed by atoms with Crippen LogP contribution in [-0.4, -0.2) is 22.8 Å². The Labute approximate surface area is 91.4 Å². The smallest absolute Gasteiger partial charge is 0.309 e. The van der Waals surface area contributed by atoms with Gasteiger partial charge in [0.25, 0.3) is 0 Å². The fourth-order valence-corrected chi connectivity index (χ4v) is 0.925. The van der Waals surface area contributed by atoms with E-state index in [1.54, 1.807) is 39.0 Å². The number of aliphatic hydroxyl groups is 1. The predicted octanol–water partition coefficient (Wildman–Crippen LogP) is 2.21. The molecule has 0 aliphatic rings. The molecule has 0 aromatic heterocycles. The number of allylic oxidation sites excluding steroid dienone is 3. The summed E-state index contributed by atoms with van der Waals surface area (Å²) in [5.74, 6) is -0.389. The Kier molecular flexibility index (Phi) is 5.94. The van der Waals surface area contributed by atoms with Crippen molar-refractivity contribution in [1.29, 1.82) is 0 Å². The third-order valence-corrected chi connectivity index (χ3v) is 1.43. The number of ether oxygens (including phenoxy) is 1. The number of hydrogen-bond acceptors (Lipinski definition) is 3. The van der Waals surface area contributed by atoms with Crippen LogP contribution in [0.2, 0.25) is 0 Å². The summed E-state index contributed by atoms with van der Waals surface area (Å²) >= 11 is 0. The lowest BCUT2D eigenvalue weighted by Crippen LogP contribution is -2.26. The largest absolute Gasteiger partial charge is 0.460 e. The van der Waals surface area contributed by atoms with E-state index in [0.717, 1.165) is 0 Å². The monoisotopic (exact) mass is 212 g/mol. The van der Waals surface area contributed by atoms with Crippen LogP contribution in [0.25, 0.3) is 0 Å². The Bertz CT molecular complexity index is 246. The molecule has 0 aromatic rings. The fourth-order valence-electron chi connectivity index (χ4n) is 0.925. The van der Waals surface area contributed by atoms with Gasteiger partial charge in [-0.2, -0.15) is 0 Å². The van der Waals surface area contributed by atoms with Crippen LogP contribution in [0.3, 0.4) is 0 Å². The van der Waals surface area contributed by atoms with E-state index in [1.165, 1.54) is 0 Å². The van der Waals surface area contributed by atoms with Crippen LogP contribution in [-0.2, 0) is 9.53 Å². The lowest BCUT2D eigenvalue weighted by atomic mass is 10.2. The minimum absolute atomic E-state index is 0.00861. The second-order valence-electron chi connectivity index (χ2n) is 4.27. The summed E-state index contributed by atoms with van der Waals surface area (Å²) in [6.07, 6.45) is 6.11. The molecule has 0 radical (unpaired) electrons. The maximum atomic E-state index is 11.3. The van der Waals surface area contributed by atoms with Crippen molar-refractivity contribution in [3.05, 3.63) is 24.3 Å². The van der Waals surface area contributed by atoms with Crippen molar-refractivity contribution in [3.63, 3.8) is 0 Å². The molecule has 3 heteroatoms. The lowest BCUT2D eigenvalue weighted by molar-refractivity contribution is -0.156. The van der Waals surface area contributed by atoms with Gasteiger partial charge in [0.1, 0.15) is 5.60 Å². The lowest BCUT2D eigenvalue weighted by Gasteiger charge is -2.19. The standard InChI is InChI=1S/C12H20O3/c1-5-6-7-8-10(13)9-11(14)15-12(2,3)4/h5-8,10,13H,9H2,1-4H3/b6-5+,8-7+/t10-/m0/s1. The minimum Gasteiger partial charge on any atom is -0.460 e. The van der Waals surface area contributed by atoms with Crippen molar-refractivity contribution in [2.45, 2.75) is 45.8 Å². The average molecular weight is 212 g/mol. The molecule has 0 saturated carbocycles. The average Bonchev–Trinajstić information content (AvgIpc) is 2.00. The van der Waals surface area contributed by atoms with Gasteiger partial charge in [-0.25, -0.2) is 0 Å². The number of esters is 1. The molecule has 0 spiro atoms. The molecule has 1 N–H and O–H groups in total. The second-order valence-corrected chi connectivity index (χ2v) is 4.27. The van der Waals surface area contributed by atoms with E-state index in [9.17, 15) is 9.90 Å². The van der Waals surface area contributed by atoms with Gasteiger partial charge in [-0.05, 0) is 27.7 Å². The van der Waals surface area contributed by atoms with Crippen molar-refractivity contribution in [2.75, 3.05) is 0 Å². The normalized spacial score (nSPS) is 14.7. The molecule has 0 aromatic carbocycles. The van der Waals surface area contributed by atoms with Gasteiger partial charge in [0.2, 0.25) is 0 Å². The van der Waals surface area contributed by atoms with E-state index in [0.29, 0.717) is 0 Å². The van der Waals surface area contributed by atoms with Gasteiger partial charge in [0.05, 0.1) is 12.5 Å². The SMILES string of the molecule is C/C=C/C=C/[C@H](O)CC(=O)OC(C)(C)C. The molecular weight excluding hydrogens is 192 g/mol. The zero-order valence-electron chi connectivity index (χ0n) is 9.86. The number of carbonyl (C=O) groups excluding carboxylic acids is 1. The molecule has 1 atom stereocenters. The molecule has 0 bridgehead atoms.